The predicted molar refractivity (Wildman–Crippen MR) is 72.3 cm³/mol. The quantitative estimate of drug-likeness (QED) is 0.631. The number of carboxylic acids is 1. The van der Waals surface area contributed by atoms with E-state index in [-0.39, 0.29) is 0 Å². The van der Waals surface area contributed by atoms with E-state index < -0.39 is 11.5 Å². The molecule has 0 amide bonds. The lowest BCUT2D eigenvalue weighted by Crippen LogP contribution is -2.51. The number of rotatable bonds is 9. The number of hydrogen-bond acceptors (Lipinski definition) is 2. The Bertz CT molecular complexity index is 228. The van der Waals surface area contributed by atoms with E-state index in [1.54, 1.807) is 0 Å². The van der Waals surface area contributed by atoms with Crippen LogP contribution >= 0.6 is 0 Å². The Morgan fingerprint density at radius 2 is 1.88 bits per heavy atom. The monoisotopic (exact) mass is 243 g/mol. The number of hydrogen-bond donors (Lipinski definition) is 1. The summed E-state index contributed by atoms with van der Waals surface area (Å²) >= 11 is 0. The van der Waals surface area contributed by atoms with Gasteiger partial charge in [-0.05, 0) is 26.3 Å². The van der Waals surface area contributed by atoms with Crippen LogP contribution in [0.2, 0.25) is 0 Å². The van der Waals surface area contributed by atoms with Crippen LogP contribution in [-0.4, -0.2) is 35.1 Å². The van der Waals surface area contributed by atoms with Crippen molar-refractivity contribution in [3.8, 4) is 0 Å². The zero-order chi connectivity index (χ0) is 13.5. The molecular formula is C14H29NO2. The minimum atomic E-state index is -0.710. The van der Waals surface area contributed by atoms with Gasteiger partial charge in [-0.15, -0.1) is 0 Å². The third-order valence-electron chi connectivity index (χ3n) is 3.46. The topological polar surface area (TPSA) is 40.5 Å². The first kappa shape index (κ1) is 16.4. The average Bonchev–Trinajstić information content (AvgIpc) is 2.22. The molecule has 1 unspecified atom stereocenters. The third-order valence-corrected chi connectivity index (χ3v) is 3.46. The summed E-state index contributed by atoms with van der Waals surface area (Å²) in [7, 11) is 1.92. The Kier molecular flexibility index (Phi) is 7.44. The maximum absolute atomic E-state index is 11.5. The lowest BCUT2D eigenvalue weighted by molar-refractivity contribution is -0.150. The number of likely N-dealkylation sites (N-methyl/N-ethyl adjacent to an activating group) is 1. The van der Waals surface area contributed by atoms with Gasteiger partial charge in [-0.1, -0.05) is 46.5 Å². The predicted octanol–water partition coefficient (Wildman–Crippen LogP) is 3.39. The third kappa shape index (κ3) is 5.53. The molecule has 0 aromatic carbocycles. The summed E-state index contributed by atoms with van der Waals surface area (Å²) in [6.45, 7) is 9.09. The molecule has 102 valence electrons. The Morgan fingerprint density at radius 3 is 2.29 bits per heavy atom. The number of unbranched alkanes of at least 4 members (excludes halogenated alkanes) is 3. The van der Waals surface area contributed by atoms with E-state index in [9.17, 15) is 9.90 Å². The van der Waals surface area contributed by atoms with Crippen molar-refractivity contribution in [1.29, 1.82) is 0 Å². The number of carbonyl (C=O) groups is 1. The largest absolute Gasteiger partial charge is 0.480 e. The van der Waals surface area contributed by atoms with Gasteiger partial charge in [0.2, 0.25) is 0 Å². The minimum Gasteiger partial charge on any atom is -0.480 e. The van der Waals surface area contributed by atoms with Gasteiger partial charge in [0, 0.05) is 6.54 Å². The standard InChI is InChI=1S/C14H29NO2/c1-6-7-8-9-10-14(4,13(16)17)15(5)11-12(2)3/h12H,6-11H2,1-5H3,(H,16,17). The first-order chi connectivity index (χ1) is 7.84. The van der Waals surface area contributed by atoms with Crippen LogP contribution in [0.4, 0.5) is 0 Å². The van der Waals surface area contributed by atoms with Crippen molar-refractivity contribution < 1.29 is 9.90 Å². The molecule has 0 aromatic heterocycles. The van der Waals surface area contributed by atoms with Gasteiger partial charge < -0.3 is 5.11 Å². The highest BCUT2D eigenvalue weighted by atomic mass is 16.4. The first-order valence-electron chi connectivity index (χ1n) is 6.79. The maximum Gasteiger partial charge on any atom is 0.323 e. The van der Waals surface area contributed by atoms with Gasteiger partial charge in [0.1, 0.15) is 5.54 Å². The highest BCUT2D eigenvalue weighted by Gasteiger charge is 2.36. The highest BCUT2D eigenvalue weighted by Crippen LogP contribution is 2.23. The molecular weight excluding hydrogens is 214 g/mol. The fourth-order valence-electron chi connectivity index (χ4n) is 2.11. The van der Waals surface area contributed by atoms with Gasteiger partial charge in [0.15, 0.2) is 0 Å². The van der Waals surface area contributed by atoms with Gasteiger partial charge in [0.05, 0.1) is 0 Å². The normalized spacial score (nSPS) is 15.2. The molecule has 0 aliphatic rings. The Labute approximate surface area is 106 Å². The van der Waals surface area contributed by atoms with E-state index in [1.165, 1.54) is 12.8 Å². The average molecular weight is 243 g/mol. The van der Waals surface area contributed by atoms with Crippen LogP contribution in [0, 0.1) is 5.92 Å². The van der Waals surface area contributed by atoms with Crippen LogP contribution in [0.1, 0.15) is 59.8 Å². The summed E-state index contributed by atoms with van der Waals surface area (Å²) in [5.41, 5.74) is -0.710. The van der Waals surface area contributed by atoms with Crippen LogP contribution in [-0.2, 0) is 4.79 Å². The molecule has 17 heavy (non-hydrogen) atoms. The summed E-state index contributed by atoms with van der Waals surface area (Å²) in [6.07, 6.45) is 5.26. The summed E-state index contributed by atoms with van der Waals surface area (Å²) in [6, 6.07) is 0. The molecule has 3 heteroatoms. The lowest BCUT2D eigenvalue weighted by atomic mass is 9.91. The molecule has 3 nitrogen and oxygen atoms in total. The highest BCUT2D eigenvalue weighted by molar-refractivity contribution is 5.78. The van der Waals surface area contributed by atoms with Crippen LogP contribution < -0.4 is 0 Å². The van der Waals surface area contributed by atoms with Crippen molar-refractivity contribution in [3.63, 3.8) is 0 Å². The Hall–Kier alpha value is -0.570. The Balaban J connectivity index is 4.39. The summed E-state index contributed by atoms with van der Waals surface area (Å²) in [5.74, 6) is -0.202. The van der Waals surface area contributed by atoms with Gasteiger partial charge in [0.25, 0.3) is 0 Å². The molecule has 0 aromatic rings. The second-order valence-corrected chi connectivity index (χ2v) is 5.66. The van der Waals surface area contributed by atoms with Crippen molar-refractivity contribution in [2.45, 2.75) is 65.3 Å². The minimum absolute atomic E-state index is 0.495. The van der Waals surface area contributed by atoms with Crippen LogP contribution in [0.15, 0.2) is 0 Å². The molecule has 0 radical (unpaired) electrons. The second kappa shape index (κ2) is 7.70. The SMILES string of the molecule is CCCCCCC(C)(C(=O)O)N(C)CC(C)C. The second-order valence-electron chi connectivity index (χ2n) is 5.66. The van der Waals surface area contributed by atoms with Crippen molar-refractivity contribution in [2.75, 3.05) is 13.6 Å². The van der Waals surface area contributed by atoms with Gasteiger partial charge in [-0.25, -0.2) is 0 Å². The zero-order valence-corrected chi connectivity index (χ0v) is 12.1. The van der Waals surface area contributed by atoms with E-state index in [4.69, 9.17) is 0 Å². The van der Waals surface area contributed by atoms with Crippen molar-refractivity contribution >= 4 is 5.97 Å². The van der Waals surface area contributed by atoms with E-state index in [2.05, 4.69) is 20.8 Å². The van der Waals surface area contributed by atoms with Crippen molar-refractivity contribution in [1.82, 2.24) is 4.90 Å². The molecule has 0 spiro atoms. The molecule has 0 aliphatic heterocycles. The van der Waals surface area contributed by atoms with Crippen LogP contribution in [0.25, 0.3) is 0 Å². The van der Waals surface area contributed by atoms with E-state index >= 15 is 0 Å². The Morgan fingerprint density at radius 1 is 1.29 bits per heavy atom. The van der Waals surface area contributed by atoms with Crippen molar-refractivity contribution in [3.05, 3.63) is 0 Å². The number of aliphatic carboxylic acids is 1. The molecule has 0 saturated carbocycles. The smallest absolute Gasteiger partial charge is 0.323 e. The molecule has 1 N–H and O–H groups in total. The molecule has 0 bridgehead atoms. The summed E-state index contributed by atoms with van der Waals surface area (Å²) < 4.78 is 0. The van der Waals surface area contributed by atoms with E-state index in [0.29, 0.717) is 5.92 Å². The molecule has 0 rings (SSSR count). The van der Waals surface area contributed by atoms with Gasteiger partial charge in [-0.3, -0.25) is 9.69 Å². The molecule has 0 heterocycles. The van der Waals surface area contributed by atoms with E-state index in [1.807, 2.05) is 18.9 Å². The molecule has 0 aliphatic carbocycles. The summed E-state index contributed by atoms with van der Waals surface area (Å²) in [5, 5.41) is 9.43. The molecule has 0 saturated heterocycles. The summed E-state index contributed by atoms with van der Waals surface area (Å²) in [4.78, 5) is 13.5. The fourth-order valence-corrected chi connectivity index (χ4v) is 2.11. The molecule has 0 fully saturated rings. The zero-order valence-electron chi connectivity index (χ0n) is 12.1. The number of nitrogens with zero attached hydrogens (tertiary/aromatic N) is 1. The van der Waals surface area contributed by atoms with Crippen LogP contribution in [0.5, 0.6) is 0 Å². The fraction of sp³-hybridized carbons (Fsp3) is 0.929. The van der Waals surface area contributed by atoms with Gasteiger partial charge >= 0.3 is 5.97 Å². The van der Waals surface area contributed by atoms with Crippen LogP contribution in [0.3, 0.4) is 0 Å². The maximum atomic E-state index is 11.5. The molecule has 1 atom stereocenters. The van der Waals surface area contributed by atoms with Gasteiger partial charge in [-0.2, -0.15) is 0 Å². The first-order valence-corrected chi connectivity index (χ1v) is 6.79. The lowest BCUT2D eigenvalue weighted by Gasteiger charge is -2.36. The van der Waals surface area contributed by atoms with E-state index in [0.717, 1.165) is 25.8 Å². The van der Waals surface area contributed by atoms with Crippen molar-refractivity contribution in [2.24, 2.45) is 5.92 Å². The number of carboxylic acid groups (broad SMARTS) is 1.